The number of pyridine rings is 1. The molecule has 2 aromatic rings. The number of aryl methyl sites for hydroxylation is 1. The Balaban J connectivity index is 2.17. The molecule has 0 saturated carbocycles. The molecule has 0 saturated heterocycles. The van der Waals surface area contributed by atoms with Gasteiger partial charge in [-0.3, -0.25) is 9.67 Å². The van der Waals surface area contributed by atoms with Gasteiger partial charge in [0.15, 0.2) is 0 Å². The maximum atomic E-state index is 13.2. The highest BCUT2D eigenvalue weighted by molar-refractivity contribution is 5.16. The SMILES string of the molecule is Cc1ncc(Cn2cc(CN)cn2)cc1F. The van der Waals surface area contributed by atoms with Crippen molar-refractivity contribution in [2.45, 2.75) is 20.0 Å². The Morgan fingerprint density at radius 3 is 2.81 bits per heavy atom. The fourth-order valence-corrected chi connectivity index (χ4v) is 1.42. The molecule has 0 aromatic carbocycles. The molecule has 2 heterocycles. The van der Waals surface area contributed by atoms with Crippen molar-refractivity contribution in [3.8, 4) is 0 Å². The van der Waals surface area contributed by atoms with Gasteiger partial charge in [0.2, 0.25) is 0 Å². The van der Waals surface area contributed by atoms with Crippen molar-refractivity contribution in [3.63, 3.8) is 0 Å². The predicted molar refractivity (Wildman–Crippen MR) is 58.2 cm³/mol. The van der Waals surface area contributed by atoms with Gasteiger partial charge in [0, 0.05) is 24.5 Å². The van der Waals surface area contributed by atoms with Crippen LogP contribution in [0.5, 0.6) is 0 Å². The number of nitrogens with two attached hydrogens (primary N) is 1. The van der Waals surface area contributed by atoms with Crippen LogP contribution >= 0.6 is 0 Å². The van der Waals surface area contributed by atoms with Gasteiger partial charge in [-0.25, -0.2) is 4.39 Å². The van der Waals surface area contributed by atoms with E-state index in [2.05, 4.69) is 10.1 Å². The molecule has 16 heavy (non-hydrogen) atoms. The molecular formula is C11H13FN4. The van der Waals surface area contributed by atoms with Gasteiger partial charge in [-0.2, -0.15) is 5.10 Å². The van der Waals surface area contributed by atoms with Crippen LogP contribution in [0.1, 0.15) is 16.8 Å². The Morgan fingerprint density at radius 2 is 2.19 bits per heavy atom. The lowest BCUT2D eigenvalue weighted by Gasteiger charge is -2.02. The summed E-state index contributed by atoms with van der Waals surface area (Å²) < 4.78 is 15.0. The Kier molecular flexibility index (Phi) is 2.96. The summed E-state index contributed by atoms with van der Waals surface area (Å²) in [6.07, 6.45) is 5.21. The molecule has 84 valence electrons. The molecule has 0 fully saturated rings. The average molecular weight is 220 g/mol. The molecule has 2 rings (SSSR count). The minimum Gasteiger partial charge on any atom is -0.326 e. The molecule has 0 unspecified atom stereocenters. The van der Waals surface area contributed by atoms with E-state index in [-0.39, 0.29) is 5.82 Å². The number of nitrogens with zero attached hydrogens (tertiary/aromatic N) is 3. The molecular weight excluding hydrogens is 207 g/mol. The zero-order valence-corrected chi connectivity index (χ0v) is 9.02. The van der Waals surface area contributed by atoms with E-state index in [9.17, 15) is 4.39 Å². The molecule has 5 heteroatoms. The predicted octanol–water partition coefficient (Wildman–Crippen LogP) is 1.23. The van der Waals surface area contributed by atoms with Gasteiger partial charge in [0.1, 0.15) is 5.82 Å². The zero-order chi connectivity index (χ0) is 11.5. The van der Waals surface area contributed by atoms with Crippen molar-refractivity contribution >= 4 is 0 Å². The van der Waals surface area contributed by atoms with Crippen molar-refractivity contribution in [2.75, 3.05) is 0 Å². The maximum absolute atomic E-state index is 13.2. The first-order valence-electron chi connectivity index (χ1n) is 5.01. The molecule has 4 nitrogen and oxygen atoms in total. The van der Waals surface area contributed by atoms with Crippen LogP contribution in [0.15, 0.2) is 24.7 Å². The molecule has 0 bridgehead atoms. The standard InChI is InChI=1S/C11H13FN4/c1-8-11(12)2-9(4-14-8)6-16-7-10(3-13)5-15-16/h2,4-5,7H,3,6,13H2,1H3. The van der Waals surface area contributed by atoms with Gasteiger partial charge in [-0.15, -0.1) is 0 Å². The van der Waals surface area contributed by atoms with E-state index < -0.39 is 0 Å². The van der Waals surface area contributed by atoms with E-state index in [1.807, 2.05) is 6.20 Å². The van der Waals surface area contributed by atoms with Gasteiger partial charge in [0.25, 0.3) is 0 Å². The van der Waals surface area contributed by atoms with E-state index in [1.165, 1.54) is 6.07 Å². The third kappa shape index (κ3) is 2.25. The fraction of sp³-hybridized carbons (Fsp3) is 0.273. The average Bonchev–Trinajstić information content (AvgIpc) is 2.71. The number of rotatable bonds is 3. The minimum atomic E-state index is -0.288. The third-order valence-electron chi connectivity index (χ3n) is 2.35. The summed E-state index contributed by atoms with van der Waals surface area (Å²) in [5.74, 6) is -0.288. The van der Waals surface area contributed by atoms with Gasteiger partial charge in [0.05, 0.1) is 18.4 Å². The Bertz CT molecular complexity index is 492. The quantitative estimate of drug-likeness (QED) is 0.846. The van der Waals surface area contributed by atoms with Crippen molar-refractivity contribution in [3.05, 3.63) is 47.3 Å². The highest BCUT2D eigenvalue weighted by Gasteiger charge is 2.02. The largest absolute Gasteiger partial charge is 0.326 e. The molecule has 2 N–H and O–H groups in total. The second kappa shape index (κ2) is 4.40. The first-order chi connectivity index (χ1) is 7.69. The van der Waals surface area contributed by atoms with Crippen LogP contribution in [0, 0.1) is 12.7 Å². The molecule has 0 aliphatic heterocycles. The summed E-state index contributed by atoms with van der Waals surface area (Å²) in [6.45, 7) is 2.60. The molecule has 0 spiro atoms. The van der Waals surface area contributed by atoms with E-state index in [1.54, 1.807) is 24.0 Å². The van der Waals surface area contributed by atoms with Crippen molar-refractivity contribution in [2.24, 2.45) is 5.73 Å². The smallest absolute Gasteiger partial charge is 0.144 e. The Hall–Kier alpha value is -1.75. The van der Waals surface area contributed by atoms with Crippen LogP contribution in [0.2, 0.25) is 0 Å². The maximum Gasteiger partial charge on any atom is 0.144 e. The van der Waals surface area contributed by atoms with Crippen LogP contribution in [-0.4, -0.2) is 14.8 Å². The highest BCUT2D eigenvalue weighted by atomic mass is 19.1. The second-order valence-electron chi connectivity index (χ2n) is 3.66. The number of hydrogen-bond acceptors (Lipinski definition) is 3. The van der Waals surface area contributed by atoms with Crippen molar-refractivity contribution in [1.29, 1.82) is 0 Å². The molecule has 2 aromatic heterocycles. The molecule has 0 radical (unpaired) electrons. The first kappa shape index (κ1) is 10.8. The summed E-state index contributed by atoms with van der Waals surface area (Å²) in [4.78, 5) is 3.96. The Morgan fingerprint density at radius 1 is 1.38 bits per heavy atom. The van der Waals surface area contributed by atoms with Crippen LogP contribution in [0.4, 0.5) is 4.39 Å². The van der Waals surface area contributed by atoms with Crippen LogP contribution < -0.4 is 5.73 Å². The Labute approximate surface area is 92.9 Å². The topological polar surface area (TPSA) is 56.7 Å². The zero-order valence-electron chi connectivity index (χ0n) is 9.02. The van der Waals surface area contributed by atoms with Crippen molar-refractivity contribution < 1.29 is 4.39 Å². The summed E-state index contributed by atoms with van der Waals surface area (Å²) in [5, 5.41) is 4.12. The summed E-state index contributed by atoms with van der Waals surface area (Å²) in [5.41, 5.74) is 7.63. The van der Waals surface area contributed by atoms with E-state index in [0.29, 0.717) is 18.8 Å². The van der Waals surface area contributed by atoms with Gasteiger partial charge in [-0.05, 0) is 18.6 Å². The third-order valence-corrected chi connectivity index (χ3v) is 2.35. The van der Waals surface area contributed by atoms with Gasteiger partial charge in [-0.1, -0.05) is 0 Å². The fourth-order valence-electron chi connectivity index (χ4n) is 1.42. The normalized spacial score (nSPS) is 10.7. The first-order valence-corrected chi connectivity index (χ1v) is 5.01. The van der Waals surface area contributed by atoms with Crippen LogP contribution in [0.25, 0.3) is 0 Å². The molecule has 0 amide bonds. The van der Waals surface area contributed by atoms with E-state index in [4.69, 9.17) is 5.73 Å². The number of aromatic nitrogens is 3. The molecule has 0 aliphatic carbocycles. The monoisotopic (exact) mass is 220 g/mol. The highest BCUT2D eigenvalue weighted by Crippen LogP contribution is 2.07. The van der Waals surface area contributed by atoms with Crippen LogP contribution in [0.3, 0.4) is 0 Å². The second-order valence-corrected chi connectivity index (χ2v) is 3.66. The lowest BCUT2D eigenvalue weighted by molar-refractivity contribution is 0.600. The molecule has 0 atom stereocenters. The number of hydrogen-bond donors (Lipinski definition) is 1. The summed E-state index contributed by atoms with van der Waals surface area (Å²) >= 11 is 0. The van der Waals surface area contributed by atoms with Crippen LogP contribution in [-0.2, 0) is 13.1 Å². The van der Waals surface area contributed by atoms with E-state index in [0.717, 1.165) is 11.1 Å². The number of halogens is 1. The van der Waals surface area contributed by atoms with Gasteiger partial charge >= 0.3 is 0 Å². The minimum absolute atomic E-state index is 0.288. The molecule has 0 aliphatic rings. The lowest BCUT2D eigenvalue weighted by Crippen LogP contribution is -2.02. The van der Waals surface area contributed by atoms with Crippen molar-refractivity contribution in [1.82, 2.24) is 14.8 Å². The lowest BCUT2D eigenvalue weighted by atomic mass is 10.2. The van der Waals surface area contributed by atoms with E-state index >= 15 is 0 Å². The summed E-state index contributed by atoms with van der Waals surface area (Å²) in [6, 6.07) is 1.48. The summed E-state index contributed by atoms with van der Waals surface area (Å²) in [7, 11) is 0. The van der Waals surface area contributed by atoms with Gasteiger partial charge < -0.3 is 5.73 Å².